The molecule has 9 heteroatoms. The van der Waals surface area contributed by atoms with Gasteiger partial charge in [0.1, 0.15) is 19.0 Å². The van der Waals surface area contributed by atoms with E-state index in [1.54, 1.807) is 42.2 Å². The third-order valence-electron chi connectivity index (χ3n) is 4.84. The summed E-state index contributed by atoms with van der Waals surface area (Å²) in [5.74, 6) is 0.251. The van der Waals surface area contributed by atoms with E-state index in [0.717, 1.165) is 5.56 Å². The molecule has 0 N–H and O–H groups in total. The van der Waals surface area contributed by atoms with E-state index >= 15 is 0 Å². The van der Waals surface area contributed by atoms with Crippen LogP contribution in [0.15, 0.2) is 52.1 Å². The lowest BCUT2D eigenvalue weighted by Gasteiger charge is -2.21. The third-order valence-corrected chi connectivity index (χ3v) is 5.15. The number of carbonyl (C=O) groups is 1. The van der Waals surface area contributed by atoms with Crippen molar-refractivity contribution < 1.29 is 18.5 Å². The lowest BCUT2D eigenvalue weighted by molar-refractivity contribution is 0.0713. The largest absolute Gasteiger partial charge is 0.399 e. The molecule has 30 heavy (non-hydrogen) atoms. The number of aromatic nitrogens is 2. The van der Waals surface area contributed by atoms with Crippen molar-refractivity contribution in [1.29, 1.82) is 0 Å². The topological polar surface area (TPSA) is 80.8 Å². The number of oxime groups is 1. The first kappa shape index (κ1) is 20.0. The minimum atomic E-state index is -0.418. The molecule has 0 aliphatic carbocycles. The van der Waals surface area contributed by atoms with E-state index in [0.29, 0.717) is 46.5 Å². The fraction of sp³-hybridized carbons (Fsp3) is 0.238. The molecule has 7 nitrogen and oxygen atoms in total. The van der Waals surface area contributed by atoms with Crippen molar-refractivity contribution in [2.24, 2.45) is 5.16 Å². The monoisotopic (exact) mass is 428 g/mol. The minimum absolute atomic E-state index is 0.200. The van der Waals surface area contributed by atoms with Gasteiger partial charge in [0.05, 0.1) is 17.3 Å². The highest BCUT2D eigenvalue weighted by atomic mass is 35.5. The number of carbonyl (C=O) groups excluding carboxylic acids is 1. The van der Waals surface area contributed by atoms with E-state index in [4.69, 9.17) is 21.0 Å². The fourth-order valence-electron chi connectivity index (χ4n) is 3.46. The summed E-state index contributed by atoms with van der Waals surface area (Å²) in [6.45, 7) is 2.02. The van der Waals surface area contributed by atoms with Gasteiger partial charge in [-0.2, -0.15) is 4.98 Å². The van der Waals surface area contributed by atoms with Gasteiger partial charge in [0.2, 0.25) is 5.89 Å². The van der Waals surface area contributed by atoms with Crippen LogP contribution in [0, 0.1) is 12.7 Å². The minimum Gasteiger partial charge on any atom is -0.399 e. The molecule has 1 aliphatic rings. The number of likely N-dealkylation sites (tertiary alicyclic amines) is 1. The molecule has 154 valence electrons. The summed E-state index contributed by atoms with van der Waals surface area (Å²) < 4.78 is 18.6. The molecule has 2 aromatic carbocycles. The Kier molecular flexibility index (Phi) is 5.50. The molecule has 1 aromatic heterocycles. The molecule has 0 spiro atoms. The quantitative estimate of drug-likeness (QED) is 0.574. The molecule has 0 radical (unpaired) electrons. The summed E-state index contributed by atoms with van der Waals surface area (Å²) in [5.41, 5.74) is 2.66. The lowest BCUT2D eigenvalue weighted by atomic mass is 10.0. The Morgan fingerprint density at radius 1 is 1.30 bits per heavy atom. The number of benzene rings is 2. The van der Waals surface area contributed by atoms with Gasteiger partial charge in [-0.25, -0.2) is 4.39 Å². The Bertz CT molecular complexity index is 1110. The lowest BCUT2D eigenvalue weighted by Crippen LogP contribution is -2.31. The van der Waals surface area contributed by atoms with Crippen molar-refractivity contribution in [2.45, 2.75) is 19.4 Å². The van der Waals surface area contributed by atoms with E-state index in [1.807, 2.05) is 0 Å². The molecular formula is C21H18ClFN4O3. The van der Waals surface area contributed by atoms with Crippen LogP contribution in [0.1, 0.15) is 34.5 Å². The van der Waals surface area contributed by atoms with E-state index in [2.05, 4.69) is 15.3 Å². The maximum absolute atomic E-state index is 13.3. The van der Waals surface area contributed by atoms with Gasteiger partial charge in [-0.3, -0.25) is 4.79 Å². The van der Waals surface area contributed by atoms with Crippen molar-refractivity contribution in [3.8, 4) is 11.1 Å². The van der Waals surface area contributed by atoms with E-state index in [9.17, 15) is 9.18 Å². The molecule has 1 atom stereocenters. The summed E-state index contributed by atoms with van der Waals surface area (Å²) in [6.07, 6.45) is 0.449. The molecule has 0 saturated carbocycles. The number of aryl methyl sites for hydroxylation is 1. The Morgan fingerprint density at radius 3 is 2.70 bits per heavy atom. The van der Waals surface area contributed by atoms with Crippen LogP contribution in [0.25, 0.3) is 11.1 Å². The SMILES string of the molecule is CO/N=C1\C[C@@H](c2nc(C)no2)N(C(=O)c2ccc(-c3ccc(F)cc3Cl)cc2)C1. The molecule has 1 saturated heterocycles. The summed E-state index contributed by atoms with van der Waals surface area (Å²) in [6, 6.07) is 10.8. The van der Waals surface area contributed by atoms with Gasteiger partial charge < -0.3 is 14.3 Å². The van der Waals surface area contributed by atoms with Crippen LogP contribution in [0.2, 0.25) is 5.02 Å². The maximum atomic E-state index is 13.3. The van der Waals surface area contributed by atoms with E-state index in [-0.39, 0.29) is 5.91 Å². The van der Waals surface area contributed by atoms with Crippen LogP contribution in [0.4, 0.5) is 4.39 Å². The summed E-state index contributed by atoms with van der Waals surface area (Å²) >= 11 is 6.14. The van der Waals surface area contributed by atoms with Crippen molar-refractivity contribution in [1.82, 2.24) is 15.0 Å². The highest BCUT2D eigenvalue weighted by Gasteiger charge is 2.38. The zero-order valence-corrected chi connectivity index (χ0v) is 17.1. The first-order valence-corrected chi connectivity index (χ1v) is 9.59. The first-order chi connectivity index (χ1) is 14.5. The van der Waals surface area contributed by atoms with Crippen LogP contribution in [0.5, 0.6) is 0 Å². The summed E-state index contributed by atoms with van der Waals surface area (Å²) in [7, 11) is 1.46. The molecule has 0 unspecified atom stereocenters. The second-order valence-electron chi connectivity index (χ2n) is 6.87. The number of hydrogen-bond donors (Lipinski definition) is 0. The zero-order valence-electron chi connectivity index (χ0n) is 16.3. The first-order valence-electron chi connectivity index (χ1n) is 9.22. The summed E-state index contributed by atoms with van der Waals surface area (Å²) in [4.78, 5) is 24.0. The van der Waals surface area contributed by atoms with Gasteiger partial charge in [-0.15, -0.1) is 0 Å². The Balaban J connectivity index is 1.61. The van der Waals surface area contributed by atoms with Crippen molar-refractivity contribution in [2.75, 3.05) is 13.7 Å². The molecule has 0 bridgehead atoms. The van der Waals surface area contributed by atoms with Gasteiger partial charge in [-0.05, 0) is 42.8 Å². The van der Waals surface area contributed by atoms with Gasteiger partial charge in [0.25, 0.3) is 5.91 Å². The number of rotatable bonds is 4. The summed E-state index contributed by atoms with van der Waals surface area (Å²) in [5, 5.41) is 8.12. The molecule has 1 amide bonds. The van der Waals surface area contributed by atoms with Crippen LogP contribution in [0.3, 0.4) is 0 Å². The van der Waals surface area contributed by atoms with Crippen LogP contribution in [-0.2, 0) is 4.84 Å². The van der Waals surface area contributed by atoms with Gasteiger partial charge >= 0.3 is 0 Å². The molecule has 3 aromatic rings. The van der Waals surface area contributed by atoms with Crippen molar-refractivity contribution in [3.05, 3.63) is 70.6 Å². The molecule has 4 rings (SSSR count). The van der Waals surface area contributed by atoms with Crippen LogP contribution >= 0.6 is 11.6 Å². The number of amides is 1. The fourth-order valence-corrected chi connectivity index (χ4v) is 3.74. The normalized spacial score (nSPS) is 17.5. The van der Waals surface area contributed by atoms with Gasteiger partial charge in [-0.1, -0.05) is 34.0 Å². The number of halogens is 2. The zero-order chi connectivity index (χ0) is 21.3. The smallest absolute Gasteiger partial charge is 0.254 e. The average molecular weight is 429 g/mol. The Hall–Kier alpha value is -3.26. The highest BCUT2D eigenvalue weighted by Crippen LogP contribution is 2.32. The predicted molar refractivity (Wildman–Crippen MR) is 109 cm³/mol. The molecular weight excluding hydrogens is 411 g/mol. The third kappa shape index (κ3) is 3.91. The number of nitrogens with zero attached hydrogens (tertiary/aromatic N) is 4. The van der Waals surface area contributed by atoms with Crippen molar-refractivity contribution >= 4 is 23.2 Å². The van der Waals surface area contributed by atoms with Crippen LogP contribution in [-0.4, -0.2) is 40.3 Å². The maximum Gasteiger partial charge on any atom is 0.254 e. The van der Waals surface area contributed by atoms with Gasteiger partial charge in [0, 0.05) is 17.5 Å². The molecule has 2 heterocycles. The van der Waals surface area contributed by atoms with Crippen LogP contribution < -0.4 is 0 Å². The molecule has 1 fully saturated rings. The molecule has 1 aliphatic heterocycles. The highest BCUT2D eigenvalue weighted by molar-refractivity contribution is 6.33. The van der Waals surface area contributed by atoms with Gasteiger partial charge in [0.15, 0.2) is 5.82 Å². The number of hydrogen-bond acceptors (Lipinski definition) is 6. The second kappa shape index (κ2) is 8.23. The second-order valence-corrected chi connectivity index (χ2v) is 7.28. The van der Waals surface area contributed by atoms with Crippen molar-refractivity contribution in [3.63, 3.8) is 0 Å². The average Bonchev–Trinajstić information content (AvgIpc) is 3.34. The standard InChI is InChI=1S/C21H18ClFN4O3/c1-12-24-20(30-25-12)19-10-16(26-29-2)11-27(19)21(28)14-5-3-13(4-6-14)17-8-7-15(23)9-18(17)22/h3-9,19H,10-11H2,1-2H3/b26-16+/t19-/m0/s1. The Labute approximate surface area is 177 Å². The van der Waals surface area contributed by atoms with E-state index in [1.165, 1.54) is 19.2 Å². The Morgan fingerprint density at radius 2 is 2.07 bits per heavy atom. The van der Waals surface area contributed by atoms with E-state index < -0.39 is 11.9 Å². The predicted octanol–water partition coefficient (Wildman–Crippen LogP) is 4.43.